The molecule has 29 heavy (non-hydrogen) atoms. The average molecular weight is 376 g/mol. The molecule has 1 aromatic heterocycles. The van der Waals surface area contributed by atoms with E-state index in [1.807, 2.05) is 24.3 Å². The summed E-state index contributed by atoms with van der Waals surface area (Å²) in [7, 11) is 2.14. The summed E-state index contributed by atoms with van der Waals surface area (Å²) < 4.78 is 8.43. The molecule has 140 valence electrons. The van der Waals surface area contributed by atoms with E-state index in [0.29, 0.717) is 0 Å². The van der Waals surface area contributed by atoms with Gasteiger partial charge in [0.25, 0.3) is 0 Å². The molecular formula is C26H20N2O. The lowest BCUT2D eigenvalue weighted by molar-refractivity contribution is 0.477. The summed E-state index contributed by atoms with van der Waals surface area (Å²) in [4.78, 5) is 2.29. The van der Waals surface area contributed by atoms with Crippen molar-refractivity contribution >= 4 is 38.9 Å². The fourth-order valence-corrected chi connectivity index (χ4v) is 4.44. The van der Waals surface area contributed by atoms with Crippen molar-refractivity contribution in [2.75, 3.05) is 4.90 Å². The smallest absolute Gasteiger partial charge is 0.151 e. The molecule has 0 saturated heterocycles. The zero-order valence-electron chi connectivity index (χ0n) is 16.4. The fraction of sp³-hybridized carbons (Fsp3) is 0.0769. The molecule has 0 atom stereocenters. The van der Waals surface area contributed by atoms with Crippen molar-refractivity contribution in [2.24, 2.45) is 7.05 Å². The first kappa shape index (κ1) is 16.3. The molecule has 2 heterocycles. The number of hydrogen-bond donors (Lipinski definition) is 0. The summed E-state index contributed by atoms with van der Waals surface area (Å²) >= 11 is 0. The van der Waals surface area contributed by atoms with E-state index in [2.05, 4.69) is 84.1 Å². The van der Waals surface area contributed by atoms with Gasteiger partial charge in [-0.05, 0) is 61.5 Å². The molecule has 5 aromatic rings. The molecule has 1 aliphatic rings. The van der Waals surface area contributed by atoms with Gasteiger partial charge in [-0.15, -0.1) is 0 Å². The summed E-state index contributed by atoms with van der Waals surface area (Å²) in [6, 6.07) is 29.8. The van der Waals surface area contributed by atoms with Crippen LogP contribution in [0.25, 0.3) is 21.8 Å². The highest BCUT2D eigenvalue weighted by Crippen LogP contribution is 2.50. The molecule has 0 bridgehead atoms. The average Bonchev–Trinajstić information content (AvgIpc) is 3.03. The van der Waals surface area contributed by atoms with E-state index in [1.165, 1.54) is 27.4 Å². The van der Waals surface area contributed by atoms with Gasteiger partial charge in [-0.2, -0.15) is 0 Å². The Morgan fingerprint density at radius 3 is 1.93 bits per heavy atom. The minimum absolute atomic E-state index is 0.875. The second kappa shape index (κ2) is 5.89. The molecule has 0 spiro atoms. The first-order valence-electron chi connectivity index (χ1n) is 9.85. The molecule has 0 radical (unpaired) electrons. The van der Waals surface area contributed by atoms with Crippen LogP contribution in [0.5, 0.6) is 11.5 Å². The Hall–Kier alpha value is -3.72. The summed E-state index contributed by atoms with van der Waals surface area (Å²) in [5.41, 5.74) is 7.02. The maximum Gasteiger partial charge on any atom is 0.151 e. The lowest BCUT2D eigenvalue weighted by atomic mass is 10.1. The van der Waals surface area contributed by atoms with Crippen LogP contribution in [0.2, 0.25) is 0 Å². The Balaban J connectivity index is 1.65. The molecule has 3 heteroatoms. The molecule has 4 aromatic carbocycles. The SMILES string of the molecule is Cc1ccc2c(c1)c1cc(N3c4ccccc4Oc4ccccc43)ccc1n2C. The van der Waals surface area contributed by atoms with Crippen molar-refractivity contribution in [3.63, 3.8) is 0 Å². The van der Waals surface area contributed by atoms with Crippen LogP contribution in [0.15, 0.2) is 84.9 Å². The van der Waals surface area contributed by atoms with E-state index in [9.17, 15) is 0 Å². The van der Waals surface area contributed by atoms with Gasteiger partial charge in [0.2, 0.25) is 0 Å². The first-order valence-corrected chi connectivity index (χ1v) is 9.85. The number of anilines is 3. The highest BCUT2D eigenvalue weighted by atomic mass is 16.5. The topological polar surface area (TPSA) is 17.4 Å². The van der Waals surface area contributed by atoms with Crippen molar-refractivity contribution in [3.8, 4) is 11.5 Å². The lowest BCUT2D eigenvalue weighted by Gasteiger charge is -2.32. The molecule has 0 N–H and O–H groups in total. The van der Waals surface area contributed by atoms with E-state index >= 15 is 0 Å². The number of nitrogens with zero attached hydrogens (tertiary/aromatic N) is 2. The number of para-hydroxylation sites is 4. The Bertz CT molecular complexity index is 1370. The summed E-state index contributed by atoms with van der Waals surface area (Å²) in [6.07, 6.45) is 0. The number of aromatic nitrogens is 1. The number of ether oxygens (including phenoxy) is 1. The van der Waals surface area contributed by atoms with E-state index in [0.717, 1.165) is 28.6 Å². The van der Waals surface area contributed by atoms with Crippen LogP contribution >= 0.6 is 0 Å². The van der Waals surface area contributed by atoms with Crippen molar-refractivity contribution in [2.45, 2.75) is 6.92 Å². The van der Waals surface area contributed by atoms with Crippen molar-refractivity contribution in [1.82, 2.24) is 4.57 Å². The first-order chi connectivity index (χ1) is 14.2. The number of benzene rings is 4. The van der Waals surface area contributed by atoms with Crippen LogP contribution in [-0.2, 0) is 7.05 Å². The van der Waals surface area contributed by atoms with Gasteiger partial charge in [0.05, 0.1) is 11.4 Å². The van der Waals surface area contributed by atoms with Crippen molar-refractivity contribution in [3.05, 3.63) is 90.5 Å². The van der Waals surface area contributed by atoms with E-state index < -0.39 is 0 Å². The summed E-state index contributed by atoms with van der Waals surface area (Å²) in [6.45, 7) is 2.15. The van der Waals surface area contributed by atoms with Crippen LogP contribution in [0.4, 0.5) is 17.1 Å². The third kappa shape index (κ3) is 2.31. The second-order valence-corrected chi connectivity index (χ2v) is 7.65. The third-order valence-corrected chi connectivity index (χ3v) is 5.84. The third-order valence-electron chi connectivity index (χ3n) is 5.84. The monoisotopic (exact) mass is 376 g/mol. The fourth-order valence-electron chi connectivity index (χ4n) is 4.44. The lowest BCUT2D eigenvalue weighted by Crippen LogP contribution is -2.15. The predicted octanol–water partition coefficient (Wildman–Crippen LogP) is 7.22. The maximum atomic E-state index is 6.16. The van der Waals surface area contributed by atoms with Gasteiger partial charge in [0, 0.05) is 34.5 Å². The second-order valence-electron chi connectivity index (χ2n) is 7.65. The van der Waals surface area contributed by atoms with Crippen LogP contribution in [0, 0.1) is 6.92 Å². The number of hydrogen-bond acceptors (Lipinski definition) is 2. The molecule has 0 aliphatic carbocycles. The molecular weight excluding hydrogens is 356 g/mol. The largest absolute Gasteiger partial charge is 0.453 e. The van der Waals surface area contributed by atoms with Crippen LogP contribution < -0.4 is 9.64 Å². The summed E-state index contributed by atoms with van der Waals surface area (Å²) in [5, 5.41) is 2.56. The van der Waals surface area contributed by atoms with Gasteiger partial charge < -0.3 is 14.2 Å². The highest BCUT2D eigenvalue weighted by molar-refractivity contribution is 6.10. The zero-order chi connectivity index (χ0) is 19.5. The minimum atomic E-state index is 0.875. The molecule has 1 aliphatic heterocycles. The standard InChI is InChI=1S/C26H20N2O/c1-17-11-13-21-19(15-17)20-16-18(12-14-22(20)27(21)2)28-23-7-3-5-9-25(23)29-26-10-6-4-8-24(26)28/h3-16H,1-2H3. The molecule has 0 unspecified atom stereocenters. The molecule has 6 rings (SSSR count). The Labute approximate surface area is 169 Å². The van der Waals surface area contributed by atoms with E-state index in [1.54, 1.807) is 0 Å². The van der Waals surface area contributed by atoms with Gasteiger partial charge in [-0.25, -0.2) is 0 Å². The molecule has 0 amide bonds. The minimum Gasteiger partial charge on any atom is -0.453 e. The maximum absolute atomic E-state index is 6.16. The molecule has 0 saturated carbocycles. The van der Waals surface area contributed by atoms with E-state index in [-0.39, 0.29) is 0 Å². The molecule has 3 nitrogen and oxygen atoms in total. The van der Waals surface area contributed by atoms with Gasteiger partial charge in [0.1, 0.15) is 0 Å². The van der Waals surface area contributed by atoms with Crippen LogP contribution in [-0.4, -0.2) is 4.57 Å². The predicted molar refractivity (Wildman–Crippen MR) is 120 cm³/mol. The zero-order valence-corrected chi connectivity index (χ0v) is 16.4. The van der Waals surface area contributed by atoms with Crippen LogP contribution in [0.3, 0.4) is 0 Å². The number of fused-ring (bicyclic) bond motifs is 5. The van der Waals surface area contributed by atoms with Gasteiger partial charge in [0.15, 0.2) is 11.5 Å². The molecule has 0 fully saturated rings. The van der Waals surface area contributed by atoms with Crippen molar-refractivity contribution < 1.29 is 4.74 Å². The van der Waals surface area contributed by atoms with Gasteiger partial charge >= 0.3 is 0 Å². The van der Waals surface area contributed by atoms with Gasteiger partial charge in [-0.3, -0.25) is 0 Å². The van der Waals surface area contributed by atoms with Gasteiger partial charge in [-0.1, -0.05) is 35.9 Å². The summed E-state index contributed by atoms with van der Waals surface area (Å²) in [5.74, 6) is 1.75. The Morgan fingerprint density at radius 2 is 1.24 bits per heavy atom. The normalized spacial score (nSPS) is 12.7. The van der Waals surface area contributed by atoms with Crippen LogP contribution in [0.1, 0.15) is 5.56 Å². The number of rotatable bonds is 1. The van der Waals surface area contributed by atoms with Crippen molar-refractivity contribution in [1.29, 1.82) is 0 Å². The Morgan fingerprint density at radius 1 is 0.655 bits per heavy atom. The number of aryl methyl sites for hydroxylation is 2. The highest BCUT2D eigenvalue weighted by Gasteiger charge is 2.25. The van der Waals surface area contributed by atoms with E-state index in [4.69, 9.17) is 4.74 Å². The quantitative estimate of drug-likeness (QED) is 0.301. The Kier molecular flexibility index (Phi) is 3.30.